The van der Waals surface area contributed by atoms with Crippen LogP contribution < -0.4 is 15.0 Å². The second-order valence-electron chi connectivity index (χ2n) is 7.51. The first-order chi connectivity index (χ1) is 15.6. The first-order valence-electron chi connectivity index (χ1n) is 9.77. The standard InChI is InChI=1S/C19H19Cl2FN6O4S/c1-8-12(20)13(21)15(24-8)16(29)25-10-3-4-28(5-9(10)22)18-26-14(11-6-27(2)7-23-11)17(33-18)32-19(30)31/h6-7,9-10,24H,3-5H2,1-2H3,(H,25,29)(H,30,31)/t9-,10+/m0/s1. The normalized spacial score (nSPS) is 18.4. The molecule has 1 aliphatic rings. The molecular weight excluding hydrogens is 498 g/mol. The fraction of sp³-hybridized carbons (Fsp3) is 0.368. The van der Waals surface area contributed by atoms with Crippen molar-refractivity contribution in [2.75, 3.05) is 18.0 Å². The van der Waals surface area contributed by atoms with E-state index in [0.29, 0.717) is 29.5 Å². The largest absolute Gasteiger partial charge is 0.512 e. The number of imidazole rings is 1. The van der Waals surface area contributed by atoms with Crippen molar-refractivity contribution in [1.82, 2.24) is 24.8 Å². The van der Waals surface area contributed by atoms with Crippen molar-refractivity contribution in [3.8, 4) is 16.5 Å². The molecule has 176 valence electrons. The minimum Gasteiger partial charge on any atom is -0.449 e. The number of aromatic amines is 1. The second-order valence-corrected chi connectivity index (χ2v) is 9.20. The summed E-state index contributed by atoms with van der Waals surface area (Å²) in [6.45, 7) is 2.01. The van der Waals surface area contributed by atoms with Crippen molar-refractivity contribution in [2.45, 2.75) is 25.6 Å². The Morgan fingerprint density at radius 2 is 2.15 bits per heavy atom. The van der Waals surface area contributed by atoms with Crippen LogP contribution in [-0.4, -0.2) is 62.0 Å². The smallest absolute Gasteiger partial charge is 0.449 e. The molecule has 1 fully saturated rings. The van der Waals surface area contributed by atoms with Crippen molar-refractivity contribution in [3.05, 3.63) is 34.0 Å². The highest BCUT2D eigenvalue weighted by Gasteiger charge is 2.34. The summed E-state index contributed by atoms with van der Waals surface area (Å²) in [6.07, 6.45) is 0.637. The highest BCUT2D eigenvalue weighted by Crippen LogP contribution is 2.40. The number of aryl methyl sites for hydroxylation is 2. The molecular formula is C19H19Cl2FN6O4S. The lowest BCUT2D eigenvalue weighted by atomic mass is 10.0. The molecule has 4 heterocycles. The number of thiazole rings is 1. The van der Waals surface area contributed by atoms with Crippen LogP contribution in [0.4, 0.5) is 14.3 Å². The molecule has 3 aromatic rings. The van der Waals surface area contributed by atoms with E-state index in [2.05, 4.69) is 20.3 Å². The number of aromatic nitrogens is 4. The van der Waals surface area contributed by atoms with Crippen molar-refractivity contribution in [1.29, 1.82) is 0 Å². The van der Waals surface area contributed by atoms with Crippen LogP contribution in [-0.2, 0) is 7.05 Å². The number of nitrogens with one attached hydrogen (secondary N) is 2. The van der Waals surface area contributed by atoms with Crippen molar-refractivity contribution >= 4 is 51.7 Å². The Bertz CT molecular complexity index is 1210. The highest BCUT2D eigenvalue weighted by molar-refractivity contribution is 7.18. The Morgan fingerprint density at radius 1 is 1.39 bits per heavy atom. The lowest BCUT2D eigenvalue weighted by molar-refractivity contribution is 0.0894. The van der Waals surface area contributed by atoms with Gasteiger partial charge in [-0.25, -0.2) is 19.2 Å². The molecule has 1 saturated heterocycles. The monoisotopic (exact) mass is 516 g/mol. The number of rotatable bonds is 5. The Morgan fingerprint density at radius 3 is 2.73 bits per heavy atom. The molecule has 1 aliphatic heterocycles. The van der Waals surface area contributed by atoms with Gasteiger partial charge in [0.2, 0.25) is 5.06 Å². The molecule has 0 unspecified atom stereocenters. The number of alkyl halides is 1. The molecule has 0 bridgehead atoms. The maximum atomic E-state index is 15.0. The van der Waals surface area contributed by atoms with E-state index in [1.54, 1.807) is 36.0 Å². The number of halogens is 3. The number of ether oxygens (including phenoxy) is 1. The van der Waals surface area contributed by atoms with Gasteiger partial charge in [-0.2, -0.15) is 0 Å². The van der Waals surface area contributed by atoms with E-state index in [1.807, 2.05) is 0 Å². The van der Waals surface area contributed by atoms with Gasteiger partial charge in [0.1, 0.15) is 23.3 Å². The molecule has 33 heavy (non-hydrogen) atoms. The van der Waals surface area contributed by atoms with E-state index in [9.17, 15) is 14.0 Å². The van der Waals surface area contributed by atoms with Gasteiger partial charge >= 0.3 is 6.16 Å². The summed E-state index contributed by atoms with van der Waals surface area (Å²) < 4.78 is 21.6. The van der Waals surface area contributed by atoms with Crippen LogP contribution in [0.15, 0.2) is 12.5 Å². The van der Waals surface area contributed by atoms with E-state index < -0.39 is 24.3 Å². The number of H-pyrrole nitrogens is 1. The number of piperidine rings is 1. The van der Waals surface area contributed by atoms with Gasteiger partial charge in [0.05, 0.1) is 29.0 Å². The van der Waals surface area contributed by atoms with Crippen molar-refractivity contribution in [3.63, 3.8) is 0 Å². The van der Waals surface area contributed by atoms with E-state index in [1.165, 1.54) is 0 Å². The topological polar surface area (TPSA) is 125 Å². The molecule has 0 radical (unpaired) electrons. The van der Waals surface area contributed by atoms with Gasteiger partial charge in [-0.3, -0.25) is 4.79 Å². The summed E-state index contributed by atoms with van der Waals surface area (Å²) in [7, 11) is 1.77. The summed E-state index contributed by atoms with van der Waals surface area (Å²) >= 11 is 13.1. The zero-order valence-corrected chi connectivity index (χ0v) is 19.8. The fourth-order valence-electron chi connectivity index (χ4n) is 3.49. The van der Waals surface area contributed by atoms with E-state index in [0.717, 1.165) is 11.3 Å². The molecule has 4 rings (SSSR count). The number of hydrogen-bond donors (Lipinski definition) is 3. The maximum absolute atomic E-state index is 15.0. The Kier molecular flexibility index (Phi) is 6.50. The highest BCUT2D eigenvalue weighted by atomic mass is 35.5. The van der Waals surface area contributed by atoms with Gasteiger partial charge in [-0.05, 0) is 13.3 Å². The number of carbonyl (C=O) groups excluding carboxylic acids is 1. The van der Waals surface area contributed by atoms with Crippen LogP contribution in [0, 0.1) is 6.92 Å². The number of carbonyl (C=O) groups is 2. The quantitative estimate of drug-likeness (QED) is 0.439. The number of amides is 1. The lowest BCUT2D eigenvalue weighted by Crippen LogP contribution is -2.52. The fourth-order valence-corrected chi connectivity index (χ4v) is 4.86. The van der Waals surface area contributed by atoms with Crippen molar-refractivity contribution < 1.29 is 23.8 Å². The third kappa shape index (κ3) is 4.77. The summed E-state index contributed by atoms with van der Waals surface area (Å²) in [6, 6.07) is -0.739. The van der Waals surface area contributed by atoms with E-state index in [4.69, 9.17) is 33.0 Å². The third-order valence-electron chi connectivity index (χ3n) is 5.12. The lowest BCUT2D eigenvalue weighted by Gasteiger charge is -2.34. The van der Waals surface area contributed by atoms with E-state index in [-0.39, 0.29) is 33.0 Å². The number of nitrogens with zero attached hydrogens (tertiary/aromatic N) is 4. The van der Waals surface area contributed by atoms with Gasteiger partial charge < -0.3 is 29.6 Å². The van der Waals surface area contributed by atoms with Crippen LogP contribution in [0.3, 0.4) is 0 Å². The Balaban J connectivity index is 1.48. The minimum atomic E-state index is -1.48. The minimum absolute atomic E-state index is 0.0507. The molecule has 3 aromatic heterocycles. The third-order valence-corrected chi connectivity index (χ3v) is 7.06. The average Bonchev–Trinajstić information content (AvgIpc) is 3.43. The molecule has 2 atom stereocenters. The van der Waals surface area contributed by atoms with Gasteiger partial charge in [0, 0.05) is 25.5 Å². The predicted octanol–water partition coefficient (Wildman–Crippen LogP) is 3.89. The van der Waals surface area contributed by atoms with Crippen LogP contribution in [0.5, 0.6) is 5.06 Å². The van der Waals surface area contributed by atoms with Crippen molar-refractivity contribution in [2.24, 2.45) is 7.05 Å². The van der Waals surface area contributed by atoms with Crippen LogP contribution in [0.25, 0.3) is 11.4 Å². The maximum Gasteiger partial charge on any atom is 0.512 e. The predicted molar refractivity (Wildman–Crippen MR) is 121 cm³/mol. The van der Waals surface area contributed by atoms with E-state index >= 15 is 0 Å². The number of carboxylic acid groups (broad SMARTS) is 1. The summed E-state index contributed by atoms with van der Waals surface area (Å²) in [5, 5.41) is 12.5. The summed E-state index contributed by atoms with van der Waals surface area (Å²) in [4.78, 5) is 36.8. The molecule has 0 saturated carbocycles. The average molecular weight is 517 g/mol. The number of anilines is 1. The Hall–Kier alpha value is -2.83. The van der Waals surface area contributed by atoms with Gasteiger partial charge in [0.25, 0.3) is 5.91 Å². The summed E-state index contributed by atoms with van der Waals surface area (Å²) in [5.41, 5.74) is 1.33. The molecule has 14 heteroatoms. The molecule has 10 nitrogen and oxygen atoms in total. The molecule has 3 N–H and O–H groups in total. The van der Waals surface area contributed by atoms with Gasteiger partial charge in [-0.1, -0.05) is 34.5 Å². The zero-order valence-electron chi connectivity index (χ0n) is 17.4. The first kappa shape index (κ1) is 23.3. The zero-order chi connectivity index (χ0) is 23.9. The summed E-state index contributed by atoms with van der Waals surface area (Å²) in [5.74, 6) is -0.542. The molecule has 0 aromatic carbocycles. The molecule has 1 amide bonds. The van der Waals surface area contributed by atoms with Crippen LogP contribution in [0.2, 0.25) is 10.0 Å². The first-order valence-corrected chi connectivity index (χ1v) is 11.3. The van der Waals surface area contributed by atoms with Gasteiger partial charge in [-0.15, -0.1) is 0 Å². The van der Waals surface area contributed by atoms with Gasteiger partial charge in [0.15, 0.2) is 5.13 Å². The van der Waals surface area contributed by atoms with Crippen LogP contribution >= 0.6 is 34.5 Å². The second kappa shape index (κ2) is 9.20. The SMILES string of the molecule is Cc1[nH]c(C(=O)N[C@@H]2CCN(c3nc(-c4cn(C)cn4)c(OC(=O)O)s3)C[C@@H]2F)c(Cl)c1Cl. The molecule has 0 aliphatic carbocycles. The Labute approximate surface area is 201 Å². The van der Waals surface area contributed by atoms with Crippen LogP contribution in [0.1, 0.15) is 22.6 Å². The number of hydrogen-bond acceptors (Lipinski definition) is 7. The molecule has 0 spiro atoms.